The van der Waals surface area contributed by atoms with Crippen molar-refractivity contribution in [3.8, 4) is 11.5 Å². The van der Waals surface area contributed by atoms with Crippen LogP contribution in [0.2, 0.25) is 0 Å². The molecule has 54 heavy (non-hydrogen) atoms. The van der Waals surface area contributed by atoms with Crippen molar-refractivity contribution in [2.75, 3.05) is 39.3 Å². The summed E-state index contributed by atoms with van der Waals surface area (Å²) in [6.45, 7) is 0.859. The molecular weight excluding hydrogens is 702 g/mol. The molecule has 0 radical (unpaired) electrons. The zero-order chi connectivity index (χ0) is 39.7. The third-order valence-corrected chi connectivity index (χ3v) is 9.14. The quantitative estimate of drug-likeness (QED) is 0.178. The van der Waals surface area contributed by atoms with Gasteiger partial charge in [0, 0.05) is 83.2 Å². The number of carbonyl (C=O) groups is 7. The zero-order valence-electron chi connectivity index (χ0n) is 31.4. The number of carbonyl (C=O) groups excluding carboxylic acids is 7. The van der Waals surface area contributed by atoms with Crippen molar-refractivity contribution in [3.63, 3.8) is 0 Å². The number of benzene rings is 1. The lowest BCUT2D eigenvalue weighted by Crippen LogP contribution is -2.37. The Hall–Kier alpha value is -4.57. The number of phenols is 2. The van der Waals surface area contributed by atoms with Crippen LogP contribution >= 0.6 is 0 Å². The molecule has 1 fully saturated rings. The number of amides is 5. The normalized spacial score (nSPS) is 19.9. The number of phenolic OH excluding ortho intramolecular Hbond substituents is 2. The Kier molecular flexibility index (Phi) is 22.2. The number of ketones is 2. The third kappa shape index (κ3) is 19.5. The lowest BCUT2D eigenvalue weighted by Gasteiger charge is -2.23. The van der Waals surface area contributed by atoms with E-state index in [9.17, 15) is 54.2 Å². The minimum absolute atomic E-state index is 0.00324. The van der Waals surface area contributed by atoms with Crippen LogP contribution < -0.4 is 10.6 Å². The summed E-state index contributed by atoms with van der Waals surface area (Å²) in [5, 5.41) is 46.5. The highest BCUT2D eigenvalue weighted by molar-refractivity contribution is 5.97. The van der Waals surface area contributed by atoms with Gasteiger partial charge in [-0.3, -0.25) is 44.0 Å². The molecule has 0 aromatic heterocycles. The van der Waals surface area contributed by atoms with Crippen molar-refractivity contribution in [1.29, 1.82) is 0 Å². The Bertz CT molecular complexity index is 1390. The van der Waals surface area contributed by atoms with E-state index >= 15 is 0 Å². The molecule has 16 nitrogen and oxygen atoms in total. The summed E-state index contributed by atoms with van der Waals surface area (Å²) in [6.07, 6.45) is 7.91. The van der Waals surface area contributed by atoms with Gasteiger partial charge in [0.2, 0.25) is 23.6 Å². The molecule has 0 saturated carbocycles. The Balaban J connectivity index is 1.93. The molecule has 0 atom stereocenters. The Morgan fingerprint density at radius 3 is 1.61 bits per heavy atom. The first-order valence-electron chi connectivity index (χ1n) is 19.2. The van der Waals surface area contributed by atoms with Gasteiger partial charge in [-0.2, -0.15) is 0 Å². The number of hydrogen-bond donors (Lipinski definition) is 6. The fraction of sp³-hybridized carbons (Fsp3) is 0.658. The van der Waals surface area contributed by atoms with Crippen LogP contribution in [0.3, 0.4) is 0 Å². The first-order chi connectivity index (χ1) is 25.9. The van der Waals surface area contributed by atoms with Crippen molar-refractivity contribution >= 4 is 41.1 Å². The Morgan fingerprint density at radius 1 is 0.519 bits per heavy atom. The van der Waals surface area contributed by atoms with Gasteiger partial charge in [-0.05, 0) is 63.1 Å². The highest BCUT2D eigenvalue weighted by Crippen LogP contribution is 2.25. The van der Waals surface area contributed by atoms with Gasteiger partial charge in [-0.1, -0.05) is 32.1 Å². The number of hydrogen-bond acceptors (Lipinski definition) is 11. The molecule has 0 bridgehead atoms. The number of nitrogens with zero attached hydrogens (tertiary/aromatic N) is 3. The second-order valence-electron chi connectivity index (χ2n) is 13.7. The lowest BCUT2D eigenvalue weighted by molar-refractivity contribution is -0.166. The van der Waals surface area contributed by atoms with Crippen LogP contribution in [0.15, 0.2) is 18.2 Å². The topological polar surface area (TPSA) is 234 Å². The van der Waals surface area contributed by atoms with E-state index in [4.69, 9.17) is 0 Å². The van der Waals surface area contributed by atoms with E-state index in [0.717, 1.165) is 44.6 Å². The third-order valence-electron chi connectivity index (χ3n) is 9.14. The Labute approximate surface area is 317 Å². The second-order valence-corrected chi connectivity index (χ2v) is 13.7. The monoisotopic (exact) mass is 761 g/mol. The molecule has 1 aliphatic rings. The number of hydroxylamine groups is 4. The maximum atomic E-state index is 13.3. The predicted molar refractivity (Wildman–Crippen MR) is 196 cm³/mol. The smallest absolute Gasteiger partial charge is 0.254 e. The van der Waals surface area contributed by atoms with Gasteiger partial charge in [0.1, 0.15) is 5.78 Å². The SMILES string of the molecule is O=C1CCCCCCCNC(=O)CCC(=O)CN(C(=O)c2ccc(O)c(O)c2)CCCCCN(O)C(=O)CCC(=O)NCCCCCCN(O)C(=O)CC1. The molecule has 0 spiro atoms. The van der Waals surface area contributed by atoms with Crippen LogP contribution in [-0.4, -0.2) is 116 Å². The van der Waals surface area contributed by atoms with E-state index in [2.05, 4.69) is 10.6 Å². The second kappa shape index (κ2) is 26.2. The first kappa shape index (κ1) is 45.6. The summed E-state index contributed by atoms with van der Waals surface area (Å²) < 4.78 is 0. The van der Waals surface area contributed by atoms with Gasteiger partial charge in [-0.15, -0.1) is 0 Å². The summed E-state index contributed by atoms with van der Waals surface area (Å²) in [6, 6.07) is 3.60. The largest absolute Gasteiger partial charge is 0.504 e. The highest BCUT2D eigenvalue weighted by Gasteiger charge is 2.21. The molecule has 1 aliphatic heterocycles. The summed E-state index contributed by atoms with van der Waals surface area (Å²) in [7, 11) is 0. The molecule has 1 heterocycles. The summed E-state index contributed by atoms with van der Waals surface area (Å²) in [5.74, 6) is -3.54. The molecule has 5 amide bonds. The molecule has 1 saturated heterocycles. The number of rotatable bonds is 1. The first-order valence-corrected chi connectivity index (χ1v) is 19.2. The highest BCUT2D eigenvalue weighted by atomic mass is 16.5. The van der Waals surface area contributed by atoms with Crippen molar-refractivity contribution in [3.05, 3.63) is 23.8 Å². The fourth-order valence-electron chi connectivity index (χ4n) is 5.83. The molecule has 6 N–H and O–H groups in total. The van der Waals surface area contributed by atoms with Gasteiger partial charge < -0.3 is 25.7 Å². The van der Waals surface area contributed by atoms with Crippen LogP contribution in [0.5, 0.6) is 11.5 Å². The molecule has 2 rings (SSSR count). The maximum Gasteiger partial charge on any atom is 0.254 e. The molecule has 302 valence electrons. The van der Waals surface area contributed by atoms with Crippen LogP contribution in [-0.2, 0) is 28.8 Å². The standard InChI is InChI=1S/C38H59N5O11/c44-30-13-7-2-1-3-8-22-39-34(48)18-15-31(45)28-41(38(52)29-14-17-32(46)33(47)27-29)24-10-6-12-26-43(54)37(51)21-19-35(49)40-23-9-4-5-11-25-42(53)36(50)20-16-30/h14,17,27,46-47,53-54H,1-13,15-16,18-26,28H2,(H,39,48)(H,40,49). The lowest BCUT2D eigenvalue weighted by atomic mass is 10.1. The number of Topliss-reactive ketones (excluding diaryl/α,β-unsaturated/α-hetero) is 2. The Morgan fingerprint density at radius 2 is 1.00 bits per heavy atom. The van der Waals surface area contributed by atoms with Crippen molar-refractivity contribution < 1.29 is 54.2 Å². The van der Waals surface area contributed by atoms with Crippen molar-refractivity contribution in [2.24, 2.45) is 0 Å². The van der Waals surface area contributed by atoms with E-state index in [1.54, 1.807) is 0 Å². The number of nitrogens with one attached hydrogen (secondary N) is 2. The summed E-state index contributed by atoms with van der Waals surface area (Å²) in [4.78, 5) is 88.8. The van der Waals surface area contributed by atoms with Crippen LogP contribution in [0, 0.1) is 0 Å². The fourth-order valence-corrected chi connectivity index (χ4v) is 5.83. The zero-order valence-corrected chi connectivity index (χ0v) is 31.4. The average molecular weight is 762 g/mol. The molecule has 1 aromatic carbocycles. The van der Waals surface area contributed by atoms with Gasteiger partial charge in [0.25, 0.3) is 5.91 Å². The molecular formula is C38H59N5O11. The van der Waals surface area contributed by atoms with E-state index < -0.39 is 29.2 Å². The van der Waals surface area contributed by atoms with Crippen molar-refractivity contribution in [2.45, 2.75) is 122 Å². The van der Waals surface area contributed by atoms with E-state index in [1.165, 1.54) is 17.0 Å². The van der Waals surface area contributed by atoms with Crippen LogP contribution in [0.4, 0.5) is 0 Å². The minimum atomic E-state index is -0.612. The van der Waals surface area contributed by atoms with E-state index in [0.29, 0.717) is 68.2 Å². The maximum absolute atomic E-state index is 13.3. The average Bonchev–Trinajstić information content (AvgIpc) is 3.15. The van der Waals surface area contributed by atoms with E-state index in [-0.39, 0.29) is 93.6 Å². The van der Waals surface area contributed by atoms with Crippen LogP contribution in [0.25, 0.3) is 0 Å². The van der Waals surface area contributed by atoms with Gasteiger partial charge in [0.15, 0.2) is 17.3 Å². The van der Waals surface area contributed by atoms with Gasteiger partial charge in [-0.25, -0.2) is 10.1 Å². The van der Waals surface area contributed by atoms with E-state index in [1.807, 2.05) is 0 Å². The molecule has 16 heteroatoms. The molecule has 0 unspecified atom stereocenters. The molecule has 1 aromatic rings. The van der Waals surface area contributed by atoms with Crippen molar-refractivity contribution in [1.82, 2.24) is 25.7 Å². The minimum Gasteiger partial charge on any atom is -0.504 e. The number of aromatic hydroxyl groups is 2. The van der Waals surface area contributed by atoms with Gasteiger partial charge >= 0.3 is 0 Å². The van der Waals surface area contributed by atoms with Gasteiger partial charge in [0.05, 0.1) is 6.54 Å². The molecule has 0 aliphatic carbocycles. The van der Waals surface area contributed by atoms with Crippen LogP contribution in [0.1, 0.15) is 132 Å². The summed E-state index contributed by atoms with van der Waals surface area (Å²) >= 11 is 0. The summed E-state index contributed by atoms with van der Waals surface area (Å²) in [5.41, 5.74) is 0.0641. The predicted octanol–water partition coefficient (Wildman–Crippen LogP) is 3.77.